The van der Waals surface area contributed by atoms with Crippen LogP contribution in [-0.2, 0) is 11.2 Å². The molecule has 0 N–H and O–H groups in total. The number of unbranched alkanes of at least 4 members (excludes halogenated alkanes) is 1. The smallest absolute Gasteiger partial charge is 0.226 e. The largest absolute Gasteiger partial charge is 0.441 e. The van der Waals surface area contributed by atoms with E-state index in [1.165, 1.54) is 19.3 Å². The highest BCUT2D eigenvalue weighted by Gasteiger charge is 2.22. The van der Waals surface area contributed by atoms with E-state index in [0.29, 0.717) is 12.3 Å². The number of aryl methyl sites for hydroxylation is 1. The molecule has 0 aliphatic carbocycles. The first-order valence-corrected chi connectivity index (χ1v) is 8.79. The molecule has 1 aliphatic heterocycles. The summed E-state index contributed by atoms with van der Waals surface area (Å²) in [5.41, 5.74) is 2.64. The number of aromatic nitrogens is 1. The van der Waals surface area contributed by atoms with Crippen LogP contribution in [0.1, 0.15) is 50.5 Å². The predicted octanol–water partition coefficient (Wildman–Crippen LogP) is 4.11. The summed E-state index contributed by atoms with van der Waals surface area (Å²) in [6.07, 6.45) is 6.68. The lowest BCUT2D eigenvalue weighted by Crippen LogP contribution is -2.39. The zero-order chi connectivity index (χ0) is 16.2. The highest BCUT2D eigenvalue weighted by Crippen LogP contribution is 2.23. The molecule has 2 heterocycles. The number of oxazole rings is 1. The molecule has 23 heavy (non-hydrogen) atoms. The highest BCUT2D eigenvalue weighted by atomic mass is 16.3. The van der Waals surface area contributed by atoms with Gasteiger partial charge >= 0.3 is 0 Å². The van der Waals surface area contributed by atoms with Crippen molar-refractivity contribution in [3.8, 4) is 0 Å². The summed E-state index contributed by atoms with van der Waals surface area (Å²) >= 11 is 0. The van der Waals surface area contributed by atoms with E-state index in [1.54, 1.807) is 0 Å². The van der Waals surface area contributed by atoms with E-state index < -0.39 is 0 Å². The maximum absolute atomic E-state index is 12.5. The van der Waals surface area contributed by atoms with Gasteiger partial charge in [-0.05, 0) is 36.5 Å². The molecule has 3 rings (SSSR count). The van der Waals surface area contributed by atoms with Crippen LogP contribution >= 0.6 is 0 Å². The van der Waals surface area contributed by atoms with Gasteiger partial charge in [-0.2, -0.15) is 0 Å². The fourth-order valence-corrected chi connectivity index (χ4v) is 3.45. The van der Waals surface area contributed by atoms with Crippen LogP contribution in [0.5, 0.6) is 0 Å². The molecule has 0 atom stereocenters. The lowest BCUT2D eigenvalue weighted by atomic mass is 9.91. The molecular weight excluding hydrogens is 288 g/mol. The van der Waals surface area contributed by atoms with Crippen LogP contribution in [0.4, 0.5) is 0 Å². The molecule has 124 valence electrons. The average Bonchev–Trinajstić information content (AvgIpc) is 2.92. The minimum absolute atomic E-state index is 0.235. The second-order valence-corrected chi connectivity index (χ2v) is 6.68. The van der Waals surface area contributed by atoms with Gasteiger partial charge in [0.05, 0.1) is 6.42 Å². The number of fused-ring (bicyclic) bond motifs is 1. The third-order valence-corrected chi connectivity index (χ3v) is 4.85. The van der Waals surface area contributed by atoms with E-state index in [4.69, 9.17) is 4.42 Å². The third kappa shape index (κ3) is 3.92. The molecular formula is C19H26N2O2. The number of rotatable bonds is 5. The van der Waals surface area contributed by atoms with E-state index in [9.17, 15) is 4.79 Å². The van der Waals surface area contributed by atoms with E-state index >= 15 is 0 Å². The normalized spacial score (nSPS) is 16.2. The number of carbonyl (C=O) groups excluding carboxylic acids is 1. The van der Waals surface area contributed by atoms with Crippen molar-refractivity contribution in [2.75, 3.05) is 13.1 Å². The fourth-order valence-electron chi connectivity index (χ4n) is 3.45. The maximum atomic E-state index is 12.5. The number of benzene rings is 1. The standard InChI is InChI=1S/C19H26N2O2/c1-3-4-5-15-8-10-21(11-9-15)19(22)13-16-6-7-18-17(12-16)20-14(2)23-18/h6-7,12,15H,3-5,8-11,13H2,1-2H3. The van der Waals surface area contributed by atoms with Crippen molar-refractivity contribution < 1.29 is 9.21 Å². The third-order valence-electron chi connectivity index (χ3n) is 4.85. The Morgan fingerprint density at radius 3 is 2.87 bits per heavy atom. The average molecular weight is 314 g/mol. The number of nitrogens with zero attached hydrogens (tertiary/aromatic N) is 2. The summed E-state index contributed by atoms with van der Waals surface area (Å²) < 4.78 is 5.48. The van der Waals surface area contributed by atoms with Crippen molar-refractivity contribution in [2.24, 2.45) is 5.92 Å². The fraction of sp³-hybridized carbons (Fsp3) is 0.579. The molecule has 0 saturated carbocycles. The van der Waals surface area contributed by atoms with Gasteiger partial charge in [0.15, 0.2) is 11.5 Å². The van der Waals surface area contributed by atoms with Crippen LogP contribution in [0.3, 0.4) is 0 Å². The van der Waals surface area contributed by atoms with Crippen molar-refractivity contribution in [3.05, 3.63) is 29.7 Å². The monoisotopic (exact) mass is 314 g/mol. The summed E-state index contributed by atoms with van der Waals surface area (Å²) in [5.74, 6) is 1.71. The van der Waals surface area contributed by atoms with Crippen LogP contribution in [-0.4, -0.2) is 28.9 Å². The summed E-state index contributed by atoms with van der Waals surface area (Å²) in [6.45, 7) is 5.91. The maximum Gasteiger partial charge on any atom is 0.226 e. The summed E-state index contributed by atoms with van der Waals surface area (Å²) in [7, 11) is 0. The van der Waals surface area contributed by atoms with Gasteiger partial charge in [0.1, 0.15) is 5.52 Å². The van der Waals surface area contributed by atoms with Gasteiger partial charge in [0.25, 0.3) is 0 Å². The number of amides is 1. The summed E-state index contributed by atoms with van der Waals surface area (Å²) in [5, 5.41) is 0. The summed E-state index contributed by atoms with van der Waals surface area (Å²) in [6, 6.07) is 5.85. The second kappa shape index (κ2) is 7.16. The zero-order valence-electron chi connectivity index (χ0n) is 14.2. The van der Waals surface area contributed by atoms with E-state index in [1.807, 2.05) is 30.0 Å². The molecule has 4 heteroatoms. The molecule has 0 spiro atoms. The molecule has 1 aliphatic rings. The highest BCUT2D eigenvalue weighted by molar-refractivity contribution is 5.81. The Labute approximate surface area is 137 Å². The van der Waals surface area contributed by atoms with E-state index in [0.717, 1.165) is 48.5 Å². The van der Waals surface area contributed by atoms with Crippen LogP contribution in [0.15, 0.2) is 22.6 Å². The van der Waals surface area contributed by atoms with Crippen LogP contribution in [0, 0.1) is 12.8 Å². The first-order chi connectivity index (χ1) is 11.2. The lowest BCUT2D eigenvalue weighted by molar-refractivity contribution is -0.131. The number of likely N-dealkylation sites (tertiary alicyclic amines) is 1. The first kappa shape index (κ1) is 16.0. The number of hydrogen-bond donors (Lipinski definition) is 0. The van der Waals surface area contributed by atoms with Crippen molar-refractivity contribution in [3.63, 3.8) is 0 Å². The van der Waals surface area contributed by atoms with Gasteiger partial charge in [-0.1, -0.05) is 32.3 Å². The molecule has 1 saturated heterocycles. The van der Waals surface area contributed by atoms with E-state index in [2.05, 4.69) is 11.9 Å². The topological polar surface area (TPSA) is 46.3 Å². The molecule has 1 aromatic carbocycles. The Morgan fingerprint density at radius 2 is 2.13 bits per heavy atom. The van der Waals surface area contributed by atoms with Crippen molar-refractivity contribution in [1.29, 1.82) is 0 Å². The molecule has 2 aromatic rings. The van der Waals surface area contributed by atoms with Gasteiger partial charge < -0.3 is 9.32 Å². The molecule has 1 fully saturated rings. The Hall–Kier alpha value is -1.84. The van der Waals surface area contributed by atoms with Crippen LogP contribution in [0.2, 0.25) is 0 Å². The zero-order valence-corrected chi connectivity index (χ0v) is 14.2. The van der Waals surface area contributed by atoms with Gasteiger partial charge in [-0.3, -0.25) is 4.79 Å². The Morgan fingerprint density at radius 1 is 1.35 bits per heavy atom. The molecule has 4 nitrogen and oxygen atoms in total. The minimum Gasteiger partial charge on any atom is -0.441 e. The van der Waals surface area contributed by atoms with Gasteiger partial charge in [0.2, 0.25) is 5.91 Å². The van der Waals surface area contributed by atoms with Gasteiger partial charge in [-0.25, -0.2) is 4.98 Å². The van der Waals surface area contributed by atoms with Gasteiger partial charge in [0, 0.05) is 20.0 Å². The predicted molar refractivity (Wildman–Crippen MR) is 91.3 cm³/mol. The Balaban J connectivity index is 1.56. The second-order valence-electron chi connectivity index (χ2n) is 6.68. The first-order valence-electron chi connectivity index (χ1n) is 8.79. The SMILES string of the molecule is CCCCC1CCN(C(=O)Cc2ccc3oc(C)nc3c2)CC1. The Kier molecular flexibility index (Phi) is 4.99. The van der Waals surface area contributed by atoms with Crippen molar-refractivity contribution in [1.82, 2.24) is 9.88 Å². The van der Waals surface area contributed by atoms with Crippen molar-refractivity contribution in [2.45, 2.75) is 52.4 Å². The molecule has 1 amide bonds. The number of carbonyl (C=O) groups is 1. The van der Waals surface area contributed by atoms with E-state index in [-0.39, 0.29) is 5.91 Å². The van der Waals surface area contributed by atoms with Crippen LogP contribution < -0.4 is 0 Å². The lowest BCUT2D eigenvalue weighted by Gasteiger charge is -2.32. The molecule has 0 bridgehead atoms. The molecule has 0 radical (unpaired) electrons. The Bertz CT molecular complexity index is 669. The van der Waals surface area contributed by atoms with Crippen molar-refractivity contribution >= 4 is 17.0 Å². The summed E-state index contributed by atoms with van der Waals surface area (Å²) in [4.78, 5) is 18.9. The molecule has 1 aromatic heterocycles. The molecule has 0 unspecified atom stereocenters. The quantitative estimate of drug-likeness (QED) is 0.834. The number of hydrogen-bond acceptors (Lipinski definition) is 3. The van der Waals surface area contributed by atoms with Gasteiger partial charge in [-0.15, -0.1) is 0 Å². The minimum atomic E-state index is 0.235. The van der Waals surface area contributed by atoms with Crippen LogP contribution in [0.25, 0.3) is 11.1 Å². The number of piperidine rings is 1.